The van der Waals surface area contributed by atoms with Gasteiger partial charge in [-0.1, -0.05) is 12.8 Å². The zero-order valence-corrected chi connectivity index (χ0v) is 8.27. The molecule has 1 aliphatic rings. The highest BCUT2D eigenvalue weighted by Gasteiger charge is 2.41. The second-order valence-electron chi connectivity index (χ2n) is 4.08. The lowest BCUT2D eigenvalue weighted by Gasteiger charge is -2.23. The van der Waals surface area contributed by atoms with Gasteiger partial charge in [0.05, 0.1) is 5.41 Å². The predicted octanol–water partition coefficient (Wildman–Crippen LogP) is 0.216. The van der Waals surface area contributed by atoms with Gasteiger partial charge in [0.1, 0.15) is 6.33 Å². The van der Waals surface area contributed by atoms with Crippen molar-refractivity contribution < 1.29 is 9.90 Å². The van der Waals surface area contributed by atoms with E-state index in [0.717, 1.165) is 12.8 Å². The van der Waals surface area contributed by atoms with E-state index < -0.39 is 11.4 Å². The first-order valence-corrected chi connectivity index (χ1v) is 4.97. The van der Waals surface area contributed by atoms with E-state index in [1.54, 1.807) is 0 Å². The summed E-state index contributed by atoms with van der Waals surface area (Å²) in [4.78, 5) is 22.4. The van der Waals surface area contributed by atoms with Gasteiger partial charge in [0.2, 0.25) is 0 Å². The summed E-state index contributed by atoms with van der Waals surface area (Å²) in [6, 6.07) is 0. The van der Waals surface area contributed by atoms with Crippen LogP contribution in [0.2, 0.25) is 0 Å². The van der Waals surface area contributed by atoms with Gasteiger partial charge in [0.15, 0.2) is 0 Å². The molecule has 1 aromatic heterocycles. The normalized spacial score (nSPS) is 19.2. The van der Waals surface area contributed by atoms with Crippen LogP contribution in [-0.2, 0) is 11.3 Å². The Balaban J connectivity index is 2.25. The van der Waals surface area contributed by atoms with Crippen LogP contribution < -0.4 is 5.69 Å². The fraction of sp³-hybridized carbons (Fsp3) is 0.667. The standard InChI is InChI=1S/C9H13N3O3/c13-7(14)9(3-1-2-4-9)5-12-6-10-11-8(12)15/h6H,1-5H2,(H,11,15)(H,13,14). The van der Waals surface area contributed by atoms with Gasteiger partial charge in [-0.2, -0.15) is 5.10 Å². The number of carboxylic acid groups (broad SMARTS) is 1. The Morgan fingerprint density at radius 2 is 2.27 bits per heavy atom. The Morgan fingerprint density at radius 3 is 2.73 bits per heavy atom. The highest BCUT2D eigenvalue weighted by molar-refractivity contribution is 5.74. The molecule has 0 amide bonds. The number of aromatic amines is 1. The molecule has 1 heterocycles. The first kappa shape index (κ1) is 9.95. The fourth-order valence-corrected chi connectivity index (χ4v) is 2.20. The third-order valence-electron chi connectivity index (χ3n) is 3.11. The van der Waals surface area contributed by atoms with E-state index in [4.69, 9.17) is 0 Å². The van der Waals surface area contributed by atoms with E-state index in [1.165, 1.54) is 10.9 Å². The van der Waals surface area contributed by atoms with Gasteiger partial charge in [0, 0.05) is 6.54 Å². The van der Waals surface area contributed by atoms with Gasteiger partial charge in [-0.25, -0.2) is 9.89 Å². The summed E-state index contributed by atoms with van der Waals surface area (Å²) in [5.74, 6) is -0.812. The van der Waals surface area contributed by atoms with Crippen LogP contribution in [-0.4, -0.2) is 25.8 Å². The van der Waals surface area contributed by atoms with Gasteiger partial charge in [-0.15, -0.1) is 0 Å². The molecule has 1 aromatic rings. The van der Waals surface area contributed by atoms with Crippen molar-refractivity contribution in [2.24, 2.45) is 5.41 Å². The second-order valence-corrected chi connectivity index (χ2v) is 4.08. The Hall–Kier alpha value is -1.59. The van der Waals surface area contributed by atoms with Crippen LogP contribution in [0.25, 0.3) is 0 Å². The molecule has 82 valence electrons. The van der Waals surface area contributed by atoms with Crippen LogP contribution in [0.15, 0.2) is 11.1 Å². The number of rotatable bonds is 3. The Labute approximate surface area is 85.9 Å². The molecule has 0 atom stereocenters. The Morgan fingerprint density at radius 1 is 1.60 bits per heavy atom. The molecule has 6 heteroatoms. The minimum atomic E-state index is -0.812. The van der Waals surface area contributed by atoms with Crippen LogP contribution in [0.1, 0.15) is 25.7 Å². The number of hydrogen-bond donors (Lipinski definition) is 2. The average molecular weight is 211 g/mol. The molecule has 0 unspecified atom stereocenters. The molecule has 1 fully saturated rings. The van der Waals surface area contributed by atoms with E-state index >= 15 is 0 Å². The third kappa shape index (κ3) is 1.67. The summed E-state index contributed by atoms with van der Waals surface area (Å²) in [6.45, 7) is 0.220. The SMILES string of the molecule is O=C(O)C1(Cn2cn[nH]c2=O)CCCC1. The van der Waals surface area contributed by atoms with E-state index in [-0.39, 0.29) is 12.2 Å². The predicted molar refractivity (Wildman–Crippen MR) is 51.4 cm³/mol. The zero-order chi connectivity index (χ0) is 10.9. The highest BCUT2D eigenvalue weighted by Crippen LogP contribution is 2.39. The number of nitrogens with one attached hydrogen (secondary N) is 1. The van der Waals surface area contributed by atoms with Crippen LogP contribution >= 0.6 is 0 Å². The van der Waals surface area contributed by atoms with Crippen LogP contribution in [0, 0.1) is 5.41 Å². The summed E-state index contributed by atoms with van der Waals surface area (Å²) in [7, 11) is 0. The van der Waals surface area contributed by atoms with E-state index in [1.807, 2.05) is 0 Å². The molecule has 0 radical (unpaired) electrons. The molecule has 6 nitrogen and oxygen atoms in total. The fourth-order valence-electron chi connectivity index (χ4n) is 2.20. The molecule has 1 saturated carbocycles. The second kappa shape index (κ2) is 3.52. The maximum Gasteiger partial charge on any atom is 0.343 e. The molecule has 0 aromatic carbocycles. The molecule has 2 rings (SSSR count). The van der Waals surface area contributed by atoms with Crippen LogP contribution in [0.5, 0.6) is 0 Å². The van der Waals surface area contributed by atoms with E-state index in [9.17, 15) is 14.7 Å². The number of carbonyl (C=O) groups is 1. The van der Waals surface area contributed by atoms with Crippen molar-refractivity contribution in [3.63, 3.8) is 0 Å². The van der Waals surface area contributed by atoms with Gasteiger partial charge >= 0.3 is 11.7 Å². The van der Waals surface area contributed by atoms with Crippen molar-refractivity contribution in [3.05, 3.63) is 16.8 Å². The minimum Gasteiger partial charge on any atom is -0.481 e. The molecule has 0 bridgehead atoms. The molecule has 2 N–H and O–H groups in total. The number of aliphatic carboxylic acids is 1. The largest absolute Gasteiger partial charge is 0.481 e. The van der Waals surface area contributed by atoms with E-state index in [0.29, 0.717) is 12.8 Å². The lowest BCUT2D eigenvalue weighted by Crippen LogP contribution is -2.35. The number of H-pyrrole nitrogens is 1. The molecule has 1 aliphatic carbocycles. The van der Waals surface area contributed by atoms with Crippen molar-refractivity contribution in [2.75, 3.05) is 0 Å². The smallest absolute Gasteiger partial charge is 0.343 e. The first-order chi connectivity index (χ1) is 7.14. The first-order valence-electron chi connectivity index (χ1n) is 4.97. The molecular formula is C9H13N3O3. The van der Waals surface area contributed by atoms with Crippen molar-refractivity contribution in [2.45, 2.75) is 32.2 Å². The summed E-state index contributed by atoms with van der Waals surface area (Å²) < 4.78 is 1.33. The highest BCUT2D eigenvalue weighted by atomic mass is 16.4. The van der Waals surface area contributed by atoms with Crippen molar-refractivity contribution in [3.8, 4) is 0 Å². The molecule has 0 aliphatic heterocycles. The summed E-state index contributed by atoms with van der Waals surface area (Å²) >= 11 is 0. The van der Waals surface area contributed by atoms with Gasteiger partial charge < -0.3 is 5.11 Å². The Bertz CT molecular complexity index is 414. The maximum atomic E-state index is 11.2. The van der Waals surface area contributed by atoms with Gasteiger partial charge in [-0.3, -0.25) is 9.36 Å². The molecule has 0 spiro atoms. The molecular weight excluding hydrogens is 198 g/mol. The minimum absolute atomic E-state index is 0.220. The Kier molecular flexibility index (Phi) is 2.34. The van der Waals surface area contributed by atoms with E-state index in [2.05, 4.69) is 10.2 Å². The maximum absolute atomic E-state index is 11.2. The average Bonchev–Trinajstić information content (AvgIpc) is 2.78. The summed E-state index contributed by atoms with van der Waals surface area (Å²) in [6.07, 6.45) is 4.46. The van der Waals surface area contributed by atoms with Crippen LogP contribution in [0.3, 0.4) is 0 Å². The number of nitrogens with zero attached hydrogens (tertiary/aromatic N) is 2. The van der Waals surface area contributed by atoms with Crippen LogP contribution in [0.4, 0.5) is 0 Å². The lowest BCUT2D eigenvalue weighted by atomic mass is 9.86. The van der Waals surface area contributed by atoms with Gasteiger partial charge in [0.25, 0.3) is 0 Å². The number of hydrogen-bond acceptors (Lipinski definition) is 3. The summed E-state index contributed by atoms with van der Waals surface area (Å²) in [5.41, 5.74) is -1.12. The zero-order valence-electron chi connectivity index (χ0n) is 8.27. The van der Waals surface area contributed by atoms with Gasteiger partial charge in [-0.05, 0) is 12.8 Å². The summed E-state index contributed by atoms with van der Waals surface area (Å²) in [5, 5.41) is 15.1. The monoisotopic (exact) mass is 211 g/mol. The van der Waals surface area contributed by atoms with Crippen molar-refractivity contribution in [1.29, 1.82) is 0 Å². The quantitative estimate of drug-likeness (QED) is 0.748. The number of aromatic nitrogens is 3. The number of carboxylic acids is 1. The third-order valence-corrected chi connectivity index (χ3v) is 3.11. The van der Waals surface area contributed by atoms with Crippen molar-refractivity contribution in [1.82, 2.24) is 14.8 Å². The van der Waals surface area contributed by atoms with Crippen molar-refractivity contribution >= 4 is 5.97 Å². The molecule has 15 heavy (non-hydrogen) atoms. The lowest BCUT2D eigenvalue weighted by molar-refractivity contribution is -0.149. The molecule has 0 saturated heterocycles. The topological polar surface area (TPSA) is 88.0 Å².